The number of imidazole rings is 1. The van der Waals surface area contributed by atoms with Crippen molar-refractivity contribution in [1.82, 2.24) is 9.97 Å². The first-order valence-electron chi connectivity index (χ1n) is 10.3. The van der Waals surface area contributed by atoms with Gasteiger partial charge in [0.1, 0.15) is 17.5 Å². The minimum Gasteiger partial charge on any atom is -0.379 e. The predicted octanol–water partition coefficient (Wildman–Crippen LogP) is 5.90. The van der Waals surface area contributed by atoms with Gasteiger partial charge >= 0.3 is 0 Å². The van der Waals surface area contributed by atoms with E-state index in [0.717, 1.165) is 17.6 Å². The van der Waals surface area contributed by atoms with Crippen LogP contribution >= 0.6 is 23.2 Å². The fourth-order valence-electron chi connectivity index (χ4n) is 3.97. The average Bonchev–Trinajstić information content (AvgIpc) is 3.15. The van der Waals surface area contributed by atoms with Crippen molar-refractivity contribution in [1.29, 1.82) is 0 Å². The average molecular weight is 479 g/mol. The van der Waals surface area contributed by atoms with Gasteiger partial charge in [0.2, 0.25) is 5.91 Å². The Hall–Kier alpha value is -2.64. The summed E-state index contributed by atoms with van der Waals surface area (Å²) in [6, 6.07) is 7.02. The highest BCUT2D eigenvalue weighted by atomic mass is 35.5. The molecule has 1 aliphatic heterocycles. The van der Waals surface area contributed by atoms with Gasteiger partial charge in [-0.2, -0.15) is 0 Å². The lowest BCUT2D eigenvalue weighted by molar-refractivity contribution is -0.120. The Morgan fingerprint density at radius 1 is 1.22 bits per heavy atom. The Morgan fingerprint density at radius 2 is 1.97 bits per heavy atom. The Bertz CT molecular complexity index is 1130. The Labute approximate surface area is 194 Å². The van der Waals surface area contributed by atoms with Crippen LogP contribution in [0.25, 0.3) is 0 Å². The summed E-state index contributed by atoms with van der Waals surface area (Å²) in [7, 11) is 0. The van der Waals surface area contributed by atoms with Crippen molar-refractivity contribution in [3.05, 3.63) is 75.3 Å². The van der Waals surface area contributed by atoms with E-state index in [1.165, 1.54) is 12.1 Å². The number of aromatic nitrogens is 2. The molecule has 1 amide bonds. The zero-order chi connectivity index (χ0) is 22.8. The number of hydrogen-bond acceptors (Lipinski definition) is 3. The number of hydrogen-bond donors (Lipinski definition) is 2. The number of nitrogens with zero attached hydrogens (tertiary/aromatic N) is 2. The molecule has 1 aliphatic rings. The molecule has 3 aromatic rings. The molecule has 0 saturated carbocycles. The van der Waals surface area contributed by atoms with Crippen LogP contribution in [-0.2, 0) is 17.8 Å². The first kappa shape index (κ1) is 22.6. The molecule has 0 radical (unpaired) electrons. The van der Waals surface area contributed by atoms with Crippen molar-refractivity contribution in [3.8, 4) is 0 Å². The molecule has 2 aromatic carbocycles. The maximum atomic E-state index is 14.1. The van der Waals surface area contributed by atoms with Gasteiger partial charge in [-0.15, -0.1) is 0 Å². The Balaban J connectivity index is 1.50. The van der Waals surface area contributed by atoms with Crippen LogP contribution in [0.1, 0.15) is 29.9 Å². The minimum absolute atomic E-state index is 0.000464. The van der Waals surface area contributed by atoms with Crippen molar-refractivity contribution >= 4 is 40.5 Å². The topological polar surface area (TPSA) is 61.0 Å². The van der Waals surface area contributed by atoms with E-state index in [4.69, 9.17) is 23.2 Å². The molecule has 0 spiro atoms. The van der Waals surface area contributed by atoms with Crippen molar-refractivity contribution in [2.45, 2.75) is 32.7 Å². The number of halogens is 4. The van der Waals surface area contributed by atoms with Gasteiger partial charge in [-0.25, -0.2) is 13.8 Å². The van der Waals surface area contributed by atoms with Crippen LogP contribution in [0.3, 0.4) is 0 Å². The van der Waals surface area contributed by atoms with E-state index in [-0.39, 0.29) is 11.8 Å². The molecule has 168 valence electrons. The van der Waals surface area contributed by atoms with E-state index in [1.54, 1.807) is 17.0 Å². The first-order valence-corrected chi connectivity index (χ1v) is 11.0. The van der Waals surface area contributed by atoms with Gasteiger partial charge in [-0.1, -0.05) is 29.3 Å². The molecule has 4 rings (SSSR count). The molecule has 1 unspecified atom stereocenters. The summed E-state index contributed by atoms with van der Waals surface area (Å²) >= 11 is 13.1. The lowest BCUT2D eigenvalue weighted by Crippen LogP contribution is -2.41. The summed E-state index contributed by atoms with van der Waals surface area (Å²) in [5, 5.41) is 3.92. The van der Waals surface area contributed by atoms with E-state index in [9.17, 15) is 13.6 Å². The van der Waals surface area contributed by atoms with Crippen LogP contribution in [0.4, 0.5) is 20.2 Å². The summed E-state index contributed by atoms with van der Waals surface area (Å²) < 4.78 is 27.3. The van der Waals surface area contributed by atoms with Crippen LogP contribution in [0.5, 0.6) is 0 Å². The van der Waals surface area contributed by atoms with E-state index in [0.29, 0.717) is 59.3 Å². The lowest BCUT2D eigenvalue weighted by Gasteiger charge is -2.34. The quantitative estimate of drug-likeness (QED) is 0.463. The highest BCUT2D eigenvalue weighted by Crippen LogP contribution is 2.39. The second-order valence-corrected chi connectivity index (χ2v) is 8.78. The van der Waals surface area contributed by atoms with E-state index < -0.39 is 11.6 Å². The highest BCUT2D eigenvalue weighted by molar-refractivity contribution is 6.40. The predicted molar refractivity (Wildman–Crippen MR) is 122 cm³/mol. The van der Waals surface area contributed by atoms with Crippen molar-refractivity contribution < 1.29 is 13.6 Å². The molecule has 1 saturated heterocycles. The van der Waals surface area contributed by atoms with Gasteiger partial charge in [-0.05, 0) is 49.4 Å². The van der Waals surface area contributed by atoms with E-state index >= 15 is 0 Å². The molecule has 9 heteroatoms. The number of benzene rings is 2. The summed E-state index contributed by atoms with van der Waals surface area (Å²) in [6.45, 7) is 2.72. The number of H-pyrrole nitrogens is 1. The standard InChI is InChI=1S/C23H22Cl2F2N4O/c1-13-28-10-18(30-13)11-29-17-8-19(24)23(20(25)9-17)31-12-14(2-5-22(31)32)6-15-3-4-16(26)7-21(15)27/h3-4,7-10,14,29H,2,5-6,11-12H2,1H3,(H,28,30). The first-order chi connectivity index (χ1) is 15.3. The number of piperidine rings is 1. The fraction of sp³-hybridized carbons (Fsp3) is 0.304. The van der Waals surface area contributed by atoms with Crippen LogP contribution in [0.2, 0.25) is 10.0 Å². The molecule has 1 fully saturated rings. The number of carbonyl (C=O) groups excluding carboxylic acids is 1. The summed E-state index contributed by atoms with van der Waals surface area (Å²) in [4.78, 5) is 21.6. The molecule has 1 atom stereocenters. The molecule has 2 N–H and O–H groups in total. The molecule has 32 heavy (non-hydrogen) atoms. The summed E-state index contributed by atoms with van der Waals surface area (Å²) in [5.74, 6) is -0.446. The van der Waals surface area contributed by atoms with E-state index in [1.807, 2.05) is 13.1 Å². The fourth-order valence-corrected chi connectivity index (χ4v) is 4.66. The maximum Gasteiger partial charge on any atom is 0.227 e. The number of carbonyl (C=O) groups is 1. The number of anilines is 2. The van der Waals surface area contributed by atoms with Gasteiger partial charge < -0.3 is 15.2 Å². The van der Waals surface area contributed by atoms with Crippen molar-refractivity contribution in [2.75, 3.05) is 16.8 Å². The van der Waals surface area contributed by atoms with Gasteiger partial charge in [0, 0.05) is 30.9 Å². The minimum atomic E-state index is -0.610. The SMILES string of the molecule is Cc1nc(CNc2cc(Cl)c(N3CC(Cc4ccc(F)cc4F)CCC3=O)c(Cl)c2)c[nH]1. The Morgan fingerprint density at radius 3 is 2.62 bits per heavy atom. The van der Waals surface area contributed by atoms with Crippen LogP contribution in [-0.4, -0.2) is 22.4 Å². The zero-order valence-corrected chi connectivity index (χ0v) is 18.9. The normalized spacial score (nSPS) is 16.5. The number of nitrogens with one attached hydrogen (secondary N) is 2. The van der Waals surface area contributed by atoms with E-state index in [2.05, 4.69) is 15.3 Å². The lowest BCUT2D eigenvalue weighted by atomic mass is 9.90. The molecule has 0 aliphatic carbocycles. The van der Waals surface area contributed by atoms with Crippen LogP contribution < -0.4 is 10.2 Å². The highest BCUT2D eigenvalue weighted by Gasteiger charge is 2.30. The third-order valence-corrected chi connectivity index (χ3v) is 6.13. The molecular weight excluding hydrogens is 457 g/mol. The second kappa shape index (κ2) is 9.46. The smallest absolute Gasteiger partial charge is 0.227 e. The van der Waals surface area contributed by atoms with Gasteiger partial charge in [0.05, 0.1) is 28.0 Å². The van der Waals surface area contributed by atoms with Gasteiger partial charge in [-0.3, -0.25) is 4.79 Å². The molecule has 5 nitrogen and oxygen atoms in total. The van der Waals surface area contributed by atoms with Crippen LogP contribution in [0.15, 0.2) is 36.5 Å². The summed E-state index contributed by atoms with van der Waals surface area (Å²) in [5.41, 5.74) is 2.43. The monoisotopic (exact) mass is 478 g/mol. The van der Waals surface area contributed by atoms with Crippen molar-refractivity contribution in [3.63, 3.8) is 0 Å². The van der Waals surface area contributed by atoms with Gasteiger partial charge in [0.15, 0.2) is 0 Å². The van der Waals surface area contributed by atoms with Crippen molar-refractivity contribution in [2.24, 2.45) is 5.92 Å². The molecule has 0 bridgehead atoms. The molecule has 1 aromatic heterocycles. The molecule has 2 heterocycles. The number of amides is 1. The maximum absolute atomic E-state index is 14.1. The number of rotatable bonds is 6. The molecular formula is C23H22Cl2F2N4O. The summed E-state index contributed by atoms with van der Waals surface area (Å²) in [6.07, 6.45) is 3.13. The second-order valence-electron chi connectivity index (χ2n) is 7.97. The Kier molecular flexibility index (Phi) is 6.67. The third-order valence-electron chi connectivity index (χ3n) is 5.55. The largest absolute Gasteiger partial charge is 0.379 e. The van der Waals surface area contributed by atoms with Crippen LogP contribution in [0, 0.1) is 24.5 Å². The third kappa shape index (κ3) is 5.05. The van der Waals surface area contributed by atoms with Gasteiger partial charge in [0.25, 0.3) is 0 Å². The number of aryl methyl sites for hydroxylation is 1. The zero-order valence-electron chi connectivity index (χ0n) is 17.4. The number of aromatic amines is 1.